The van der Waals surface area contributed by atoms with Crippen molar-refractivity contribution in [1.82, 2.24) is 5.32 Å². The van der Waals surface area contributed by atoms with Crippen molar-refractivity contribution in [2.24, 2.45) is 5.92 Å². The monoisotopic (exact) mass is 263 g/mol. The van der Waals surface area contributed by atoms with Crippen molar-refractivity contribution in [1.29, 1.82) is 0 Å². The molecule has 17 heavy (non-hydrogen) atoms. The molecule has 0 radical (unpaired) electrons. The molecule has 1 amide bonds. The highest BCUT2D eigenvalue weighted by atomic mass is 32.2. The van der Waals surface area contributed by atoms with Gasteiger partial charge in [-0.3, -0.25) is 9.59 Å². The summed E-state index contributed by atoms with van der Waals surface area (Å²) in [6.07, 6.45) is 0.763. The van der Waals surface area contributed by atoms with Gasteiger partial charge in [-0.15, -0.1) is 11.8 Å². The lowest BCUT2D eigenvalue weighted by Gasteiger charge is -2.15. The number of carboxylic acid groups (broad SMARTS) is 1. The zero-order valence-electron chi connectivity index (χ0n) is 10.6. The van der Waals surface area contributed by atoms with Crippen LogP contribution in [-0.2, 0) is 14.3 Å². The van der Waals surface area contributed by atoms with E-state index in [0.29, 0.717) is 13.2 Å². The lowest BCUT2D eigenvalue weighted by Crippen LogP contribution is -2.30. The molecule has 1 unspecified atom stereocenters. The molecule has 0 heterocycles. The number of methoxy groups -OCH3 is 1. The van der Waals surface area contributed by atoms with E-state index in [1.807, 2.05) is 13.8 Å². The molecule has 0 aliphatic rings. The Morgan fingerprint density at radius 2 is 2.06 bits per heavy atom. The molecule has 0 aromatic rings. The number of aliphatic carboxylic acids is 1. The minimum Gasteiger partial charge on any atom is -0.480 e. The van der Waals surface area contributed by atoms with Crippen molar-refractivity contribution in [3.8, 4) is 0 Å². The molecular weight excluding hydrogens is 242 g/mol. The van der Waals surface area contributed by atoms with Crippen LogP contribution in [0, 0.1) is 5.92 Å². The van der Waals surface area contributed by atoms with Crippen LogP contribution in [0.3, 0.4) is 0 Å². The maximum absolute atomic E-state index is 11.4. The standard InChI is InChI=1S/C11H21NO4S/c1-8(2)10(11(14)15)17-7-9(13)12-5-4-6-16-3/h8,10H,4-7H2,1-3H3,(H,12,13)(H,14,15). The smallest absolute Gasteiger partial charge is 0.316 e. The summed E-state index contributed by atoms with van der Waals surface area (Å²) < 4.78 is 4.85. The van der Waals surface area contributed by atoms with Gasteiger partial charge in [-0.1, -0.05) is 13.8 Å². The summed E-state index contributed by atoms with van der Waals surface area (Å²) in [5.41, 5.74) is 0. The first-order chi connectivity index (χ1) is 7.99. The molecule has 0 rings (SSSR count). The third kappa shape index (κ3) is 8.04. The fraction of sp³-hybridized carbons (Fsp3) is 0.818. The molecule has 0 aliphatic heterocycles. The highest BCUT2D eigenvalue weighted by Crippen LogP contribution is 2.19. The molecular formula is C11H21NO4S. The molecule has 0 saturated carbocycles. The largest absolute Gasteiger partial charge is 0.480 e. The number of carboxylic acids is 1. The van der Waals surface area contributed by atoms with Gasteiger partial charge in [0.15, 0.2) is 0 Å². The van der Waals surface area contributed by atoms with Gasteiger partial charge >= 0.3 is 5.97 Å². The Kier molecular flexibility index (Phi) is 8.89. The van der Waals surface area contributed by atoms with Crippen LogP contribution in [0.5, 0.6) is 0 Å². The van der Waals surface area contributed by atoms with Gasteiger partial charge in [0.05, 0.1) is 5.75 Å². The van der Waals surface area contributed by atoms with Crippen molar-refractivity contribution in [3.05, 3.63) is 0 Å². The lowest BCUT2D eigenvalue weighted by atomic mass is 10.1. The van der Waals surface area contributed by atoms with Gasteiger partial charge in [-0.05, 0) is 12.3 Å². The molecule has 0 aromatic heterocycles. The molecule has 100 valence electrons. The average molecular weight is 263 g/mol. The fourth-order valence-electron chi connectivity index (χ4n) is 1.21. The lowest BCUT2D eigenvalue weighted by molar-refractivity contribution is -0.137. The Morgan fingerprint density at radius 3 is 2.53 bits per heavy atom. The Bertz CT molecular complexity index is 246. The minimum absolute atomic E-state index is 0.0128. The van der Waals surface area contributed by atoms with Gasteiger partial charge in [0.25, 0.3) is 0 Å². The second-order valence-corrected chi connectivity index (χ2v) is 5.14. The van der Waals surface area contributed by atoms with Crippen LogP contribution in [0.15, 0.2) is 0 Å². The van der Waals surface area contributed by atoms with E-state index in [4.69, 9.17) is 9.84 Å². The van der Waals surface area contributed by atoms with E-state index in [0.717, 1.165) is 6.42 Å². The zero-order chi connectivity index (χ0) is 13.3. The number of amides is 1. The second-order valence-electron chi connectivity index (χ2n) is 4.01. The van der Waals surface area contributed by atoms with Crippen molar-refractivity contribution in [3.63, 3.8) is 0 Å². The van der Waals surface area contributed by atoms with Crippen LogP contribution < -0.4 is 5.32 Å². The molecule has 1 atom stereocenters. The van der Waals surface area contributed by atoms with Crippen molar-refractivity contribution in [2.75, 3.05) is 26.0 Å². The number of thioether (sulfide) groups is 1. The minimum atomic E-state index is -0.864. The van der Waals surface area contributed by atoms with E-state index in [2.05, 4.69) is 5.32 Å². The molecule has 6 heteroatoms. The molecule has 0 spiro atoms. The van der Waals surface area contributed by atoms with Gasteiger partial charge in [0, 0.05) is 20.3 Å². The van der Waals surface area contributed by atoms with E-state index in [1.165, 1.54) is 11.8 Å². The van der Waals surface area contributed by atoms with E-state index in [9.17, 15) is 9.59 Å². The topological polar surface area (TPSA) is 75.6 Å². The van der Waals surface area contributed by atoms with Crippen LogP contribution >= 0.6 is 11.8 Å². The number of carbonyl (C=O) groups excluding carboxylic acids is 1. The van der Waals surface area contributed by atoms with Gasteiger partial charge in [0.2, 0.25) is 5.91 Å². The van der Waals surface area contributed by atoms with Crippen LogP contribution in [0.4, 0.5) is 0 Å². The molecule has 5 nitrogen and oxygen atoms in total. The summed E-state index contributed by atoms with van der Waals surface area (Å²) in [5.74, 6) is -0.795. The maximum atomic E-state index is 11.4. The van der Waals surface area contributed by atoms with Gasteiger partial charge in [0.1, 0.15) is 5.25 Å². The summed E-state index contributed by atoms with van der Waals surface area (Å²) in [5, 5.41) is 11.1. The maximum Gasteiger partial charge on any atom is 0.316 e. The number of hydrogen-bond donors (Lipinski definition) is 2. The quantitative estimate of drug-likeness (QED) is 0.607. The number of nitrogens with one attached hydrogen (secondary N) is 1. The first-order valence-corrected chi connectivity index (χ1v) is 6.64. The molecule has 0 saturated heterocycles. The summed E-state index contributed by atoms with van der Waals surface area (Å²) in [4.78, 5) is 22.3. The van der Waals surface area contributed by atoms with Crippen LogP contribution in [0.25, 0.3) is 0 Å². The first-order valence-electron chi connectivity index (χ1n) is 5.59. The third-order valence-electron chi connectivity index (χ3n) is 2.09. The molecule has 0 bridgehead atoms. The Labute approximate surface area is 106 Å². The molecule has 0 fully saturated rings. The summed E-state index contributed by atoms with van der Waals surface area (Å²) in [6, 6.07) is 0. The Balaban J connectivity index is 3.77. The van der Waals surface area contributed by atoms with Crippen molar-refractivity contribution < 1.29 is 19.4 Å². The van der Waals surface area contributed by atoms with Crippen LogP contribution in [-0.4, -0.2) is 48.2 Å². The van der Waals surface area contributed by atoms with Crippen molar-refractivity contribution >= 4 is 23.6 Å². The van der Waals surface area contributed by atoms with E-state index >= 15 is 0 Å². The normalized spacial score (nSPS) is 12.5. The van der Waals surface area contributed by atoms with Gasteiger partial charge in [-0.2, -0.15) is 0 Å². The average Bonchev–Trinajstić information content (AvgIpc) is 2.23. The van der Waals surface area contributed by atoms with E-state index in [1.54, 1.807) is 7.11 Å². The van der Waals surface area contributed by atoms with Crippen molar-refractivity contribution in [2.45, 2.75) is 25.5 Å². The second kappa shape index (κ2) is 9.30. The van der Waals surface area contributed by atoms with E-state index < -0.39 is 11.2 Å². The Morgan fingerprint density at radius 1 is 1.41 bits per heavy atom. The number of ether oxygens (including phenoxy) is 1. The predicted molar refractivity (Wildman–Crippen MR) is 68.2 cm³/mol. The summed E-state index contributed by atoms with van der Waals surface area (Å²) in [7, 11) is 1.61. The molecule has 2 N–H and O–H groups in total. The van der Waals surface area contributed by atoms with Crippen LogP contribution in [0.2, 0.25) is 0 Å². The highest BCUT2D eigenvalue weighted by Gasteiger charge is 2.22. The Hall–Kier alpha value is -0.750. The molecule has 0 aliphatic carbocycles. The first kappa shape index (κ1) is 16.2. The van der Waals surface area contributed by atoms with E-state index in [-0.39, 0.29) is 17.6 Å². The predicted octanol–water partition coefficient (Wildman–Crippen LogP) is 0.981. The number of hydrogen-bond acceptors (Lipinski definition) is 4. The highest BCUT2D eigenvalue weighted by molar-refractivity contribution is 8.01. The zero-order valence-corrected chi connectivity index (χ0v) is 11.4. The van der Waals surface area contributed by atoms with Crippen LogP contribution in [0.1, 0.15) is 20.3 Å². The summed E-state index contributed by atoms with van der Waals surface area (Å²) in [6.45, 7) is 4.84. The third-order valence-corrected chi connectivity index (χ3v) is 3.62. The molecule has 0 aromatic carbocycles. The van der Waals surface area contributed by atoms with Gasteiger partial charge < -0.3 is 15.2 Å². The SMILES string of the molecule is COCCCNC(=O)CSC(C(=O)O)C(C)C. The number of rotatable bonds is 9. The van der Waals surface area contributed by atoms with Gasteiger partial charge in [-0.25, -0.2) is 0 Å². The summed E-state index contributed by atoms with van der Waals surface area (Å²) >= 11 is 1.17. The fourth-order valence-corrected chi connectivity index (χ4v) is 2.17. The number of carbonyl (C=O) groups is 2.